The second-order valence-electron chi connectivity index (χ2n) is 5.47. The van der Waals surface area contributed by atoms with Crippen LogP contribution in [0.5, 0.6) is 0 Å². The maximum Gasteiger partial charge on any atom is 0.0884 e. The lowest BCUT2D eigenvalue weighted by Crippen LogP contribution is -2.38. The molecular formula is C16H21NO. The van der Waals surface area contributed by atoms with Gasteiger partial charge < -0.3 is 10.1 Å². The minimum absolute atomic E-state index is 0.0738. The average Bonchev–Trinajstić information content (AvgIpc) is 2.77. The molecule has 1 aromatic rings. The van der Waals surface area contributed by atoms with Crippen molar-refractivity contribution in [3.63, 3.8) is 0 Å². The molecule has 0 saturated heterocycles. The SMILES string of the molecule is CNCCC1(C)OCCC2=C1Cc1ccccc12. The summed E-state index contributed by atoms with van der Waals surface area (Å²) in [6.07, 6.45) is 3.20. The van der Waals surface area contributed by atoms with Crippen molar-refractivity contribution < 1.29 is 4.74 Å². The van der Waals surface area contributed by atoms with E-state index < -0.39 is 0 Å². The van der Waals surface area contributed by atoms with Gasteiger partial charge in [0.25, 0.3) is 0 Å². The Labute approximate surface area is 109 Å². The zero-order valence-corrected chi connectivity index (χ0v) is 11.3. The largest absolute Gasteiger partial charge is 0.371 e. The number of benzene rings is 1. The molecule has 2 heteroatoms. The van der Waals surface area contributed by atoms with E-state index in [1.54, 1.807) is 5.57 Å². The molecule has 0 aromatic heterocycles. The maximum atomic E-state index is 6.11. The van der Waals surface area contributed by atoms with Crippen molar-refractivity contribution in [1.29, 1.82) is 0 Å². The first-order valence-electron chi connectivity index (χ1n) is 6.84. The molecular weight excluding hydrogens is 222 g/mol. The number of rotatable bonds is 3. The zero-order valence-electron chi connectivity index (χ0n) is 11.3. The molecule has 1 heterocycles. The predicted molar refractivity (Wildman–Crippen MR) is 74.6 cm³/mol. The Morgan fingerprint density at radius 2 is 2.17 bits per heavy atom. The summed E-state index contributed by atoms with van der Waals surface area (Å²) >= 11 is 0. The number of ether oxygens (including phenoxy) is 1. The fourth-order valence-corrected chi connectivity index (χ4v) is 3.27. The molecule has 2 aliphatic rings. The average molecular weight is 243 g/mol. The van der Waals surface area contributed by atoms with Crippen LogP contribution in [0.3, 0.4) is 0 Å². The summed E-state index contributed by atoms with van der Waals surface area (Å²) in [4.78, 5) is 0. The Kier molecular flexibility index (Phi) is 3.00. The third-order valence-corrected chi connectivity index (χ3v) is 4.34. The van der Waals surface area contributed by atoms with Gasteiger partial charge in [-0.3, -0.25) is 0 Å². The van der Waals surface area contributed by atoms with Crippen LogP contribution in [0.15, 0.2) is 29.8 Å². The number of nitrogens with one attached hydrogen (secondary N) is 1. The van der Waals surface area contributed by atoms with Crippen LogP contribution in [0.2, 0.25) is 0 Å². The number of hydrogen-bond donors (Lipinski definition) is 1. The van der Waals surface area contributed by atoms with Gasteiger partial charge in [0.05, 0.1) is 12.2 Å². The standard InChI is InChI=1S/C16H21NO/c1-16(8-9-17-2)15-11-12-5-3-4-6-13(12)14(15)7-10-18-16/h3-6,17H,7-11H2,1-2H3. The Morgan fingerprint density at radius 1 is 1.33 bits per heavy atom. The molecule has 1 atom stereocenters. The highest BCUT2D eigenvalue weighted by Crippen LogP contribution is 2.45. The van der Waals surface area contributed by atoms with Gasteiger partial charge in [0, 0.05) is 0 Å². The molecule has 96 valence electrons. The molecule has 0 bridgehead atoms. The van der Waals surface area contributed by atoms with Gasteiger partial charge in [0.15, 0.2) is 0 Å². The van der Waals surface area contributed by atoms with Crippen molar-refractivity contribution in [2.45, 2.75) is 31.8 Å². The van der Waals surface area contributed by atoms with E-state index in [1.807, 2.05) is 7.05 Å². The summed E-state index contributed by atoms with van der Waals surface area (Å²) in [6, 6.07) is 8.81. The summed E-state index contributed by atoms with van der Waals surface area (Å²) in [5.41, 5.74) is 5.94. The molecule has 1 aliphatic carbocycles. The molecule has 1 aliphatic heterocycles. The molecule has 1 N–H and O–H groups in total. The Morgan fingerprint density at radius 3 is 3.00 bits per heavy atom. The molecule has 0 spiro atoms. The Hall–Kier alpha value is -1.12. The van der Waals surface area contributed by atoms with Gasteiger partial charge in [-0.05, 0) is 62.1 Å². The van der Waals surface area contributed by atoms with Crippen molar-refractivity contribution in [2.24, 2.45) is 0 Å². The molecule has 2 nitrogen and oxygen atoms in total. The van der Waals surface area contributed by atoms with Crippen LogP contribution >= 0.6 is 0 Å². The number of hydrogen-bond acceptors (Lipinski definition) is 2. The van der Waals surface area contributed by atoms with Gasteiger partial charge >= 0.3 is 0 Å². The molecule has 0 fully saturated rings. The van der Waals surface area contributed by atoms with E-state index in [4.69, 9.17) is 4.74 Å². The first kappa shape index (κ1) is 11.9. The normalized spacial score (nSPS) is 26.1. The van der Waals surface area contributed by atoms with Gasteiger partial charge in [-0.1, -0.05) is 24.3 Å². The quantitative estimate of drug-likeness (QED) is 0.881. The smallest absolute Gasteiger partial charge is 0.0884 e. The second-order valence-corrected chi connectivity index (χ2v) is 5.47. The lowest BCUT2D eigenvalue weighted by atomic mass is 9.85. The highest BCUT2D eigenvalue weighted by atomic mass is 16.5. The third-order valence-electron chi connectivity index (χ3n) is 4.34. The molecule has 0 saturated carbocycles. The minimum Gasteiger partial charge on any atom is -0.371 e. The number of fused-ring (bicyclic) bond motifs is 2. The summed E-state index contributed by atoms with van der Waals surface area (Å²) < 4.78 is 6.11. The van der Waals surface area contributed by atoms with E-state index >= 15 is 0 Å². The maximum absolute atomic E-state index is 6.11. The lowest BCUT2D eigenvalue weighted by Gasteiger charge is -2.36. The van der Waals surface area contributed by atoms with Crippen molar-refractivity contribution in [3.8, 4) is 0 Å². The van der Waals surface area contributed by atoms with Gasteiger partial charge in [-0.25, -0.2) is 0 Å². The van der Waals surface area contributed by atoms with E-state index in [-0.39, 0.29) is 5.60 Å². The third kappa shape index (κ3) is 1.80. The van der Waals surface area contributed by atoms with Crippen LogP contribution in [0.1, 0.15) is 30.9 Å². The first-order chi connectivity index (χ1) is 8.74. The summed E-state index contributed by atoms with van der Waals surface area (Å²) in [5.74, 6) is 0. The fourth-order valence-electron chi connectivity index (χ4n) is 3.27. The van der Waals surface area contributed by atoms with Crippen LogP contribution in [-0.2, 0) is 11.2 Å². The highest BCUT2D eigenvalue weighted by molar-refractivity contribution is 5.78. The topological polar surface area (TPSA) is 21.3 Å². The molecule has 1 aromatic carbocycles. The first-order valence-corrected chi connectivity index (χ1v) is 6.84. The zero-order chi connectivity index (χ0) is 12.6. The minimum atomic E-state index is -0.0738. The van der Waals surface area contributed by atoms with Crippen LogP contribution < -0.4 is 5.32 Å². The van der Waals surface area contributed by atoms with Crippen LogP contribution in [0, 0.1) is 0 Å². The second kappa shape index (κ2) is 4.52. The Bertz CT molecular complexity index is 492. The molecule has 0 radical (unpaired) electrons. The van der Waals surface area contributed by atoms with Gasteiger partial charge in [-0.2, -0.15) is 0 Å². The fraction of sp³-hybridized carbons (Fsp3) is 0.500. The van der Waals surface area contributed by atoms with Gasteiger partial charge in [-0.15, -0.1) is 0 Å². The van der Waals surface area contributed by atoms with Gasteiger partial charge in [0.2, 0.25) is 0 Å². The molecule has 3 rings (SSSR count). The monoisotopic (exact) mass is 243 g/mol. The van der Waals surface area contributed by atoms with E-state index in [2.05, 4.69) is 36.5 Å². The van der Waals surface area contributed by atoms with E-state index in [0.29, 0.717) is 0 Å². The van der Waals surface area contributed by atoms with E-state index in [0.717, 1.165) is 32.4 Å². The van der Waals surface area contributed by atoms with E-state index in [1.165, 1.54) is 16.7 Å². The Balaban J connectivity index is 1.97. The van der Waals surface area contributed by atoms with Gasteiger partial charge in [0.1, 0.15) is 0 Å². The highest BCUT2D eigenvalue weighted by Gasteiger charge is 2.38. The van der Waals surface area contributed by atoms with E-state index in [9.17, 15) is 0 Å². The predicted octanol–water partition coefficient (Wildman–Crippen LogP) is 2.78. The molecule has 1 unspecified atom stereocenters. The van der Waals surface area contributed by atoms with Crippen LogP contribution in [0.4, 0.5) is 0 Å². The summed E-state index contributed by atoms with van der Waals surface area (Å²) in [7, 11) is 2.00. The van der Waals surface area contributed by atoms with Crippen molar-refractivity contribution >= 4 is 5.57 Å². The summed E-state index contributed by atoms with van der Waals surface area (Å²) in [5, 5.41) is 3.24. The van der Waals surface area contributed by atoms with Crippen molar-refractivity contribution in [1.82, 2.24) is 5.32 Å². The lowest BCUT2D eigenvalue weighted by molar-refractivity contribution is -0.0138. The molecule has 0 amide bonds. The van der Waals surface area contributed by atoms with Crippen LogP contribution in [-0.4, -0.2) is 25.8 Å². The van der Waals surface area contributed by atoms with Crippen molar-refractivity contribution in [2.75, 3.05) is 20.2 Å². The summed E-state index contributed by atoms with van der Waals surface area (Å²) in [6.45, 7) is 4.11. The van der Waals surface area contributed by atoms with Crippen molar-refractivity contribution in [3.05, 3.63) is 41.0 Å². The van der Waals surface area contributed by atoms with Crippen LogP contribution in [0.25, 0.3) is 5.57 Å². The molecule has 18 heavy (non-hydrogen) atoms.